The third kappa shape index (κ3) is 3.40. The van der Waals surface area contributed by atoms with E-state index in [1.165, 1.54) is 12.1 Å². The fourth-order valence-corrected chi connectivity index (χ4v) is 3.05. The minimum absolute atomic E-state index is 0.0188. The highest BCUT2D eigenvalue weighted by Crippen LogP contribution is 2.38. The van der Waals surface area contributed by atoms with E-state index in [1.54, 1.807) is 24.3 Å². The maximum absolute atomic E-state index is 13.0. The fourth-order valence-electron chi connectivity index (χ4n) is 3.05. The molecule has 1 heterocycles. The number of hydrogen-bond acceptors (Lipinski definition) is 2. The smallest absolute Gasteiger partial charge is 0.234 e. The van der Waals surface area contributed by atoms with Crippen molar-refractivity contribution in [2.24, 2.45) is 0 Å². The molecule has 0 aromatic heterocycles. The predicted octanol–water partition coefficient (Wildman–Crippen LogP) is 4.19. The van der Waals surface area contributed by atoms with Crippen molar-refractivity contribution >= 4 is 23.2 Å². The molecule has 1 aliphatic rings. The molecule has 3 rings (SSSR count). The van der Waals surface area contributed by atoms with Crippen LogP contribution in [0.4, 0.5) is 15.8 Å². The molecule has 5 heteroatoms. The molecule has 2 N–H and O–H groups in total. The summed E-state index contributed by atoms with van der Waals surface area (Å²) in [6, 6.07) is 11.6. The van der Waals surface area contributed by atoms with Gasteiger partial charge in [-0.3, -0.25) is 9.59 Å². The van der Waals surface area contributed by atoms with E-state index in [4.69, 9.17) is 0 Å². The maximum Gasteiger partial charge on any atom is 0.234 e. The molecule has 130 valence electrons. The summed E-state index contributed by atoms with van der Waals surface area (Å²) in [5.74, 6) is -0.471. The summed E-state index contributed by atoms with van der Waals surface area (Å²) < 4.78 is 13.0. The molecule has 0 saturated carbocycles. The van der Waals surface area contributed by atoms with Crippen molar-refractivity contribution in [1.82, 2.24) is 0 Å². The monoisotopic (exact) mass is 340 g/mol. The van der Waals surface area contributed by atoms with E-state index in [1.807, 2.05) is 26.8 Å². The lowest BCUT2D eigenvalue weighted by molar-refractivity contribution is -0.119. The zero-order valence-electron chi connectivity index (χ0n) is 14.5. The first kappa shape index (κ1) is 17.1. The van der Waals surface area contributed by atoms with Crippen LogP contribution in [0.1, 0.15) is 44.2 Å². The Labute approximate surface area is 146 Å². The highest BCUT2D eigenvalue weighted by Gasteiger charge is 2.38. The van der Waals surface area contributed by atoms with E-state index in [2.05, 4.69) is 10.6 Å². The van der Waals surface area contributed by atoms with Crippen LogP contribution in [0.3, 0.4) is 0 Å². The summed E-state index contributed by atoms with van der Waals surface area (Å²) in [6.07, 6.45) is 0.295. The van der Waals surface area contributed by atoms with E-state index >= 15 is 0 Å². The van der Waals surface area contributed by atoms with E-state index in [-0.39, 0.29) is 23.5 Å². The normalized spacial score (nSPS) is 16.1. The third-order valence-electron chi connectivity index (χ3n) is 4.72. The highest BCUT2D eigenvalue weighted by atomic mass is 19.1. The molecular weight excluding hydrogens is 319 g/mol. The van der Waals surface area contributed by atoms with Crippen LogP contribution in [0.5, 0.6) is 0 Å². The van der Waals surface area contributed by atoms with Crippen LogP contribution in [0.2, 0.25) is 0 Å². The van der Waals surface area contributed by atoms with Crippen LogP contribution in [-0.4, -0.2) is 11.8 Å². The van der Waals surface area contributed by atoms with Gasteiger partial charge in [-0.1, -0.05) is 19.1 Å². The van der Waals surface area contributed by atoms with Crippen LogP contribution >= 0.6 is 0 Å². The number of carbonyl (C=O) groups excluding carboxylic acids is 2. The number of rotatable bonds is 4. The minimum atomic E-state index is -0.614. The summed E-state index contributed by atoms with van der Waals surface area (Å²) in [5.41, 5.74) is 2.63. The topological polar surface area (TPSA) is 58.2 Å². The van der Waals surface area contributed by atoms with Gasteiger partial charge in [-0.2, -0.15) is 0 Å². The number of carbonyl (C=O) groups is 2. The first-order valence-electron chi connectivity index (χ1n) is 8.28. The average molecular weight is 340 g/mol. The summed E-state index contributed by atoms with van der Waals surface area (Å²) >= 11 is 0. The van der Waals surface area contributed by atoms with Crippen LogP contribution in [-0.2, 0) is 15.0 Å². The molecule has 2 aromatic carbocycles. The average Bonchev–Trinajstić information content (AvgIpc) is 2.78. The van der Waals surface area contributed by atoms with Gasteiger partial charge >= 0.3 is 0 Å². The standard InChI is InChI=1S/C20H21FN2O2/c1-12(13-4-6-14(21)7-5-13)10-18(24)22-15-8-9-17-16(11-15)20(2,3)19(25)23-17/h4-9,11-12H,10H2,1-3H3,(H,22,24)(H,23,25). The van der Waals surface area contributed by atoms with Crippen molar-refractivity contribution in [3.8, 4) is 0 Å². The number of halogens is 1. The van der Waals surface area contributed by atoms with Crippen molar-refractivity contribution < 1.29 is 14.0 Å². The molecule has 2 amide bonds. The van der Waals surface area contributed by atoms with Crippen LogP contribution < -0.4 is 10.6 Å². The number of fused-ring (bicyclic) bond motifs is 1. The van der Waals surface area contributed by atoms with Gasteiger partial charge in [0.1, 0.15) is 5.82 Å². The van der Waals surface area contributed by atoms with E-state index < -0.39 is 5.41 Å². The van der Waals surface area contributed by atoms with Gasteiger partial charge in [-0.25, -0.2) is 4.39 Å². The molecular formula is C20H21FN2O2. The summed E-state index contributed by atoms with van der Waals surface area (Å²) in [4.78, 5) is 24.3. The molecule has 0 spiro atoms. The first-order valence-corrected chi connectivity index (χ1v) is 8.28. The second-order valence-corrected chi connectivity index (χ2v) is 7.04. The second kappa shape index (κ2) is 6.31. The second-order valence-electron chi connectivity index (χ2n) is 7.04. The summed E-state index contributed by atoms with van der Waals surface area (Å²) in [6.45, 7) is 5.65. The Morgan fingerprint density at radius 1 is 1.20 bits per heavy atom. The quantitative estimate of drug-likeness (QED) is 0.877. The maximum atomic E-state index is 13.0. The molecule has 25 heavy (non-hydrogen) atoms. The SMILES string of the molecule is CC(CC(=O)Nc1ccc2c(c1)C(C)(C)C(=O)N2)c1ccc(F)cc1. The van der Waals surface area contributed by atoms with Gasteiger partial charge in [0.15, 0.2) is 0 Å². The molecule has 0 bridgehead atoms. The summed E-state index contributed by atoms with van der Waals surface area (Å²) in [5, 5.41) is 5.73. The van der Waals surface area contributed by atoms with Gasteiger partial charge in [-0.15, -0.1) is 0 Å². The van der Waals surface area contributed by atoms with E-state index in [0.717, 1.165) is 16.8 Å². The Morgan fingerprint density at radius 3 is 2.56 bits per heavy atom. The van der Waals surface area contributed by atoms with Gasteiger partial charge in [0.05, 0.1) is 5.41 Å². The lowest BCUT2D eigenvalue weighted by Gasteiger charge is -2.16. The Morgan fingerprint density at radius 2 is 1.88 bits per heavy atom. The zero-order valence-corrected chi connectivity index (χ0v) is 14.5. The zero-order chi connectivity index (χ0) is 18.2. The largest absolute Gasteiger partial charge is 0.326 e. The molecule has 1 unspecified atom stereocenters. The Kier molecular flexibility index (Phi) is 4.33. The predicted molar refractivity (Wildman–Crippen MR) is 96.2 cm³/mol. The molecule has 4 nitrogen and oxygen atoms in total. The van der Waals surface area contributed by atoms with Crippen LogP contribution in [0.15, 0.2) is 42.5 Å². The van der Waals surface area contributed by atoms with Gasteiger partial charge in [-0.05, 0) is 61.2 Å². The molecule has 1 atom stereocenters. The van der Waals surface area contributed by atoms with Crippen LogP contribution in [0, 0.1) is 5.82 Å². The van der Waals surface area contributed by atoms with Gasteiger partial charge in [0.2, 0.25) is 11.8 Å². The lowest BCUT2D eigenvalue weighted by atomic mass is 9.86. The van der Waals surface area contributed by atoms with Crippen molar-refractivity contribution in [2.45, 2.75) is 38.5 Å². The number of amides is 2. The molecule has 0 aliphatic carbocycles. The summed E-state index contributed by atoms with van der Waals surface area (Å²) in [7, 11) is 0. The molecule has 2 aromatic rings. The Bertz CT molecular complexity index is 828. The lowest BCUT2D eigenvalue weighted by Crippen LogP contribution is -2.27. The molecule has 0 saturated heterocycles. The first-order chi connectivity index (χ1) is 11.8. The fraction of sp³-hybridized carbons (Fsp3) is 0.300. The van der Waals surface area contributed by atoms with Gasteiger partial charge in [0, 0.05) is 17.8 Å². The van der Waals surface area contributed by atoms with Crippen molar-refractivity contribution in [3.63, 3.8) is 0 Å². The molecule has 0 fully saturated rings. The molecule has 1 aliphatic heterocycles. The van der Waals surface area contributed by atoms with Crippen LogP contribution in [0.25, 0.3) is 0 Å². The highest BCUT2D eigenvalue weighted by molar-refractivity contribution is 6.06. The van der Waals surface area contributed by atoms with E-state index in [0.29, 0.717) is 12.1 Å². The number of anilines is 2. The Hall–Kier alpha value is -2.69. The Balaban J connectivity index is 1.69. The van der Waals surface area contributed by atoms with Crippen molar-refractivity contribution in [1.29, 1.82) is 0 Å². The van der Waals surface area contributed by atoms with E-state index in [9.17, 15) is 14.0 Å². The molecule has 0 radical (unpaired) electrons. The number of nitrogens with one attached hydrogen (secondary N) is 2. The van der Waals surface area contributed by atoms with Gasteiger partial charge < -0.3 is 10.6 Å². The third-order valence-corrected chi connectivity index (χ3v) is 4.72. The number of hydrogen-bond donors (Lipinski definition) is 2. The minimum Gasteiger partial charge on any atom is -0.326 e. The van der Waals surface area contributed by atoms with Crippen molar-refractivity contribution in [3.05, 3.63) is 59.4 Å². The van der Waals surface area contributed by atoms with Crippen molar-refractivity contribution in [2.75, 3.05) is 10.6 Å². The number of benzene rings is 2. The van der Waals surface area contributed by atoms with Gasteiger partial charge in [0.25, 0.3) is 0 Å².